The van der Waals surface area contributed by atoms with E-state index in [1.807, 2.05) is 0 Å². The van der Waals surface area contributed by atoms with Gasteiger partial charge in [0.05, 0.1) is 6.04 Å². The van der Waals surface area contributed by atoms with Crippen molar-refractivity contribution in [1.82, 2.24) is 5.32 Å². The van der Waals surface area contributed by atoms with Gasteiger partial charge >= 0.3 is 0 Å². The minimum Gasteiger partial charge on any atom is -0.309 e. The van der Waals surface area contributed by atoms with E-state index in [0.717, 1.165) is 24.8 Å². The molecular formula is C13H15F2N. The molecule has 1 nitrogen and oxygen atoms in total. The first-order valence-electron chi connectivity index (χ1n) is 5.54. The van der Waals surface area contributed by atoms with Gasteiger partial charge in [-0.1, -0.05) is 17.7 Å². The van der Waals surface area contributed by atoms with Gasteiger partial charge in [-0.2, -0.15) is 0 Å². The van der Waals surface area contributed by atoms with E-state index in [1.165, 1.54) is 18.2 Å². The Morgan fingerprint density at radius 3 is 2.44 bits per heavy atom. The van der Waals surface area contributed by atoms with E-state index in [9.17, 15) is 8.78 Å². The number of allylic oxidation sites excluding steroid dienone is 1. The van der Waals surface area contributed by atoms with Gasteiger partial charge in [0.15, 0.2) is 0 Å². The summed E-state index contributed by atoms with van der Waals surface area (Å²) in [7, 11) is 1.73. The zero-order valence-corrected chi connectivity index (χ0v) is 9.26. The molecule has 0 heterocycles. The number of halogens is 2. The number of hydrogen-bond acceptors (Lipinski definition) is 1. The molecule has 1 N–H and O–H groups in total. The predicted octanol–water partition coefficient (Wildman–Crippen LogP) is 3.34. The molecule has 1 atom stereocenters. The lowest BCUT2D eigenvalue weighted by atomic mass is 9.97. The van der Waals surface area contributed by atoms with Gasteiger partial charge in [-0.15, -0.1) is 0 Å². The SMILES string of the molecule is CNC(C1=CCCC1)c1c(F)cccc1F. The highest BCUT2D eigenvalue weighted by atomic mass is 19.1. The highest BCUT2D eigenvalue weighted by Crippen LogP contribution is 2.32. The Morgan fingerprint density at radius 1 is 1.25 bits per heavy atom. The Balaban J connectivity index is 2.40. The van der Waals surface area contributed by atoms with Gasteiger partial charge in [-0.05, 0) is 38.4 Å². The van der Waals surface area contributed by atoms with E-state index >= 15 is 0 Å². The normalized spacial score (nSPS) is 17.3. The summed E-state index contributed by atoms with van der Waals surface area (Å²) in [6, 6.07) is 3.67. The van der Waals surface area contributed by atoms with Crippen molar-refractivity contribution in [3.63, 3.8) is 0 Å². The molecule has 0 aliphatic heterocycles. The van der Waals surface area contributed by atoms with Gasteiger partial charge in [0.2, 0.25) is 0 Å². The molecule has 0 saturated heterocycles. The second-order valence-corrected chi connectivity index (χ2v) is 4.03. The largest absolute Gasteiger partial charge is 0.309 e. The third-order valence-corrected chi connectivity index (χ3v) is 3.02. The average molecular weight is 223 g/mol. The van der Waals surface area contributed by atoms with Gasteiger partial charge in [0, 0.05) is 5.56 Å². The number of rotatable bonds is 3. The van der Waals surface area contributed by atoms with E-state index in [0.29, 0.717) is 0 Å². The maximum Gasteiger partial charge on any atom is 0.131 e. The standard InChI is InChI=1S/C13H15F2N/c1-16-13(9-5-2-3-6-9)12-10(14)7-4-8-11(12)15/h4-5,7-8,13,16H,2-3,6H2,1H3. The molecule has 86 valence electrons. The van der Waals surface area contributed by atoms with Gasteiger partial charge in [-0.3, -0.25) is 0 Å². The van der Waals surface area contributed by atoms with Crippen LogP contribution < -0.4 is 5.32 Å². The number of nitrogens with one attached hydrogen (secondary N) is 1. The maximum absolute atomic E-state index is 13.6. The first kappa shape index (κ1) is 11.3. The molecule has 1 aliphatic rings. The summed E-state index contributed by atoms with van der Waals surface area (Å²) < 4.78 is 27.3. The summed E-state index contributed by atoms with van der Waals surface area (Å²) in [5.74, 6) is -0.959. The van der Waals surface area contributed by atoms with Crippen molar-refractivity contribution in [3.8, 4) is 0 Å². The minimum absolute atomic E-state index is 0.137. The third-order valence-electron chi connectivity index (χ3n) is 3.02. The molecule has 1 aromatic carbocycles. The molecule has 1 aliphatic carbocycles. The van der Waals surface area contributed by atoms with E-state index in [-0.39, 0.29) is 11.6 Å². The Hall–Kier alpha value is -1.22. The number of benzene rings is 1. The van der Waals surface area contributed by atoms with Crippen LogP contribution >= 0.6 is 0 Å². The van der Waals surface area contributed by atoms with E-state index in [4.69, 9.17) is 0 Å². The fraction of sp³-hybridized carbons (Fsp3) is 0.385. The van der Waals surface area contributed by atoms with Crippen LogP contribution in [0.2, 0.25) is 0 Å². The molecule has 3 heteroatoms. The lowest BCUT2D eigenvalue weighted by Crippen LogP contribution is -2.20. The second kappa shape index (κ2) is 4.74. The predicted molar refractivity (Wildman–Crippen MR) is 60.1 cm³/mol. The molecule has 0 amide bonds. The van der Waals surface area contributed by atoms with Gasteiger partial charge in [-0.25, -0.2) is 8.78 Å². The van der Waals surface area contributed by atoms with Crippen molar-refractivity contribution >= 4 is 0 Å². The fourth-order valence-corrected chi connectivity index (χ4v) is 2.26. The van der Waals surface area contributed by atoms with Gasteiger partial charge in [0.25, 0.3) is 0 Å². The average Bonchev–Trinajstić information content (AvgIpc) is 2.77. The summed E-state index contributed by atoms with van der Waals surface area (Å²) in [5.41, 5.74) is 1.23. The van der Waals surface area contributed by atoms with Gasteiger partial charge < -0.3 is 5.32 Å². The molecule has 0 bridgehead atoms. The number of likely N-dealkylation sites (N-methyl/N-ethyl adjacent to an activating group) is 1. The van der Waals surface area contributed by atoms with Crippen LogP contribution in [0.15, 0.2) is 29.8 Å². The van der Waals surface area contributed by atoms with Gasteiger partial charge in [0.1, 0.15) is 11.6 Å². The molecule has 0 radical (unpaired) electrons. The Bertz CT molecular complexity index is 392. The molecular weight excluding hydrogens is 208 g/mol. The highest BCUT2D eigenvalue weighted by molar-refractivity contribution is 5.32. The molecule has 1 unspecified atom stereocenters. The Labute approximate surface area is 94.2 Å². The molecule has 16 heavy (non-hydrogen) atoms. The topological polar surface area (TPSA) is 12.0 Å². The smallest absolute Gasteiger partial charge is 0.131 e. The van der Waals surface area contributed by atoms with E-state index < -0.39 is 11.6 Å². The molecule has 1 aromatic rings. The molecule has 2 rings (SSSR count). The lowest BCUT2D eigenvalue weighted by molar-refractivity contribution is 0.515. The van der Waals surface area contributed by atoms with Crippen molar-refractivity contribution in [1.29, 1.82) is 0 Å². The monoisotopic (exact) mass is 223 g/mol. The lowest BCUT2D eigenvalue weighted by Gasteiger charge is -2.19. The summed E-state index contributed by atoms with van der Waals surface area (Å²) in [4.78, 5) is 0. The van der Waals surface area contributed by atoms with Crippen molar-refractivity contribution in [2.24, 2.45) is 0 Å². The van der Waals surface area contributed by atoms with Crippen LogP contribution in [0.5, 0.6) is 0 Å². The Morgan fingerprint density at radius 2 is 1.94 bits per heavy atom. The number of hydrogen-bond donors (Lipinski definition) is 1. The summed E-state index contributed by atoms with van der Waals surface area (Å²) in [6.07, 6.45) is 5.07. The first-order valence-corrected chi connectivity index (χ1v) is 5.54. The highest BCUT2D eigenvalue weighted by Gasteiger charge is 2.23. The molecule has 0 fully saturated rings. The summed E-state index contributed by atoms with van der Waals surface area (Å²) >= 11 is 0. The van der Waals surface area contributed by atoms with Crippen molar-refractivity contribution in [2.45, 2.75) is 25.3 Å². The molecule has 0 saturated carbocycles. The first-order chi connectivity index (χ1) is 7.74. The zero-order valence-electron chi connectivity index (χ0n) is 9.26. The fourth-order valence-electron chi connectivity index (χ4n) is 2.26. The summed E-state index contributed by atoms with van der Waals surface area (Å²) in [6.45, 7) is 0. The zero-order chi connectivity index (χ0) is 11.5. The summed E-state index contributed by atoms with van der Waals surface area (Å²) in [5, 5.41) is 2.99. The van der Waals surface area contributed by atoms with Crippen LogP contribution in [0.3, 0.4) is 0 Å². The Kier molecular flexibility index (Phi) is 3.34. The van der Waals surface area contributed by atoms with Crippen molar-refractivity contribution in [3.05, 3.63) is 47.0 Å². The maximum atomic E-state index is 13.6. The van der Waals surface area contributed by atoms with Crippen LogP contribution in [-0.2, 0) is 0 Å². The van der Waals surface area contributed by atoms with Crippen molar-refractivity contribution < 1.29 is 8.78 Å². The van der Waals surface area contributed by atoms with E-state index in [2.05, 4.69) is 11.4 Å². The van der Waals surface area contributed by atoms with Crippen LogP contribution in [0.25, 0.3) is 0 Å². The second-order valence-electron chi connectivity index (χ2n) is 4.03. The quantitative estimate of drug-likeness (QED) is 0.775. The molecule has 0 aromatic heterocycles. The van der Waals surface area contributed by atoms with Crippen LogP contribution in [-0.4, -0.2) is 7.05 Å². The van der Waals surface area contributed by atoms with E-state index in [1.54, 1.807) is 7.05 Å². The minimum atomic E-state index is -0.479. The third kappa shape index (κ3) is 2.00. The van der Waals surface area contributed by atoms with Crippen LogP contribution in [0, 0.1) is 11.6 Å². The van der Waals surface area contributed by atoms with Crippen LogP contribution in [0.1, 0.15) is 30.9 Å². The molecule has 0 spiro atoms. The van der Waals surface area contributed by atoms with Crippen LogP contribution in [0.4, 0.5) is 8.78 Å². The van der Waals surface area contributed by atoms with Crippen molar-refractivity contribution in [2.75, 3.05) is 7.05 Å².